The van der Waals surface area contributed by atoms with Crippen LogP contribution in [0.25, 0.3) is 33.0 Å². The molecule has 0 aliphatic carbocycles. The molecule has 0 amide bonds. The van der Waals surface area contributed by atoms with Gasteiger partial charge in [-0.05, 0) is 64.1 Å². The Labute approximate surface area is 195 Å². The van der Waals surface area contributed by atoms with E-state index in [1.807, 2.05) is 0 Å². The average molecular weight is 426 g/mol. The number of anilines is 3. The highest BCUT2D eigenvalue weighted by atomic mass is 15.1. The summed E-state index contributed by atoms with van der Waals surface area (Å²) in [5.41, 5.74) is 10.2. The molecule has 160 valence electrons. The average Bonchev–Trinajstić information content (AvgIpc) is 3.01. The summed E-state index contributed by atoms with van der Waals surface area (Å²) in [5.74, 6) is 0.531. The monoisotopic (exact) mass is 425 g/mol. The predicted octanol–water partition coefficient (Wildman–Crippen LogP) is 9.47. The molecule has 33 heavy (non-hydrogen) atoms. The third-order valence-corrected chi connectivity index (χ3v) is 7.09. The van der Waals surface area contributed by atoms with Gasteiger partial charge in [0.2, 0.25) is 0 Å². The molecule has 1 aliphatic rings. The standard InChI is InChI=1S/C32H27N/c1-3-22(2)24-12-10-13-25(21-24)33-30-17-8-6-15-27(30)28-20-19-23-11-4-5-14-26(23)32(28)29-16-7-9-18-31(29)33/h4-22H,3H2,1-2H3. The second-order valence-corrected chi connectivity index (χ2v) is 8.98. The van der Waals surface area contributed by atoms with Gasteiger partial charge in [-0.15, -0.1) is 0 Å². The second kappa shape index (κ2) is 7.94. The van der Waals surface area contributed by atoms with E-state index in [4.69, 9.17) is 0 Å². The van der Waals surface area contributed by atoms with Crippen LogP contribution in [0.1, 0.15) is 31.7 Å². The second-order valence-electron chi connectivity index (χ2n) is 8.98. The lowest BCUT2D eigenvalue weighted by Gasteiger charge is -2.28. The smallest absolute Gasteiger partial charge is 0.0540 e. The fourth-order valence-corrected chi connectivity index (χ4v) is 5.18. The lowest BCUT2D eigenvalue weighted by atomic mass is 9.90. The van der Waals surface area contributed by atoms with Crippen molar-refractivity contribution in [3.8, 4) is 22.3 Å². The van der Waals surface area contributed by atoms with Crippen LogP contribution in [-0.2, 0) is 0 Å². The largest absolute Gasteiger partial charge is 0.309 e. The number of hydrogen-bond donors (Lipinski definition) is 0. The van der Waals surface area contributed by atoms with Crippen molar-refractivity contribution in [2.45, 2.75) is 26.2 Å². The first kappa shape index (κ1) is 19.8. The fraction of sp³-hybridized carbons (Fsp3) is 0.125. The third kappa shape index (κ3) is 3.15. The molecule has 1 heteroatoms. The molecular weight excluding hydrogens is 398 g/mol. The SMILES string of the molecule is CCC(C)c1cccc(N2c3ccccc3-c3ccc4ccccc4c3-c3ccccc32)c1. The van der Waals surface area contributed by atoms with Gasteiger partial charge in [0.15, 0.2) is 0 Å². The van der Waals surface area contributed by atoms with Crippen molar-refractivity contribution in [2.75, 3.05) is 4.90 Å². The van der Waals surface area contributed by atoms with Crippen LogP contribution in [0.2, 0.25) is 0 Å². The Morgan fingerprint density at radius 3 is 2.15 bits per heavy atom. The van der Waals surface area contributed by atoms with Crippen LogP contribution in [0, 0.1) is 0 Å². The van der Waals surface area contributed by atoms with Crippen molar-refractivity contribution in [1.82, 2.24) is 0 Å². The third-order valence-electron chi connectivity index (χ3n) is 7.09. The molecule has 6 rings (SSSR count). The molecule has 0 N–H and O–H groups in total. The van der Waals surface area contributed by atoms with E-state index in [1.54, 1.807) is 0 Å². The van der Waals surface area contributed by atoms with Crippen molar-refractivity contribution in [1.29, 1.82) is 0 Å². The van der Waals surface area contributed by atoms with Gasteiger partial charge in [-0.3, -0.25) is 0 Å². The zero-order valence-electron chi connectivity index (χ0n) is 19.1. The number of para-hydroxylation sites is 2. The quantitative estimate of drug-likeness (QED) is 0.273. The molecule has 1 atom stereocenters. The summed E-state index contributed by atoms with van der Waals surface area (Å²) in [6, 6.07) is 40.1. The summed E-state index contributed by atoms with van der Waals surface area (Å²) < 4.78 is 0. The van der Waals surface area contributed by atoms with Crippen molar-refractivity contribution in [2.24, 2.45) is 0 Å². The van der Waals surface area contributed by atoms with E-state index < -0.39 is 0 Å². The van der Waals surface area contributed by atoms with E-state index in [1.165, 1.54) is 55.7 Å². The van der Waals surface area contributed by atoms with Crippen molar-refractivity contribution >= 4 is 27.8 Å². The van der Waals surface area contributed by atoms with Crippen LogP contribution in [0.4, 0.5) is 17.1 Å². The van der Waals surface area contributed by atoms with Gasteiger partial charge < -0.3 is 4.90 Å². The highest BCUT2D eigenvalue weighted by Crippen LogP contribution is 2.52. The molecule has 0 fully saturated rings. The van der Waals surface area contributed by atoms with Gasteiger partial charge in [-0.25, -0.2) is 0 Å². The van der Waals surface area contributed by atoms with Crippen LogP contribution in [0.5, 0.6) is 0 Å². The molecule has 0 bridgehead atoms. The number of hydrogen-bond acceptors (Lipinski definition) is 1. The number of nitrogens with zero attached hydrogens (tertiary/aromatic N) is 1. The molecule has 0 radical (unpaired) electrons. The van der Waals surface area contributed by atoms with Gasteiger partial charge in [-0.2, -0.15) is 0 Å². The Morgan fingerprint density at radius 2 is 1.33 bits per heavy atom. The number of rotatable bonds is 3. The topological polar surface area (TPSA) is 3.24 Å². The maximum Gasteiger partial charge on any atom is 0.0540 e. The van der Waals surface area contributed by atoms with Gasteiger partial charge in [0.1, 0.15) is 0 Å². The Balaban J connectivity index is 1.71. The van der Waals surface area contributed by atoms with Crippen molar-refractivity contribution in [3.63, 3.8) is 0 Å². The lowest BCUT2D eigenvalue weighted by molar-refractivity contribution is 0.733. The van der Waals surface area contributed by atoms with Crippen molar-refractivity contribution in [3.05, 3.63) is 115 Å². The van der Waals surface area contributed by atoms with Crippen molar-refractivity contribution < 1.29 is 0 Å². The minimum absolute atomic E-state index is 0.531. The zero-order valence-corrected chi connectivity index (χ0v) is 19.1. The molecule has 5 aromatic carbocycles. The minimum atomic E-state index is 0.531. The van der Waals surface area contributed by atoms with Gasteiger partial charge in [0.25, 0.3) is 0 Å². The van der Waals surface area contributed by atoms with E-state index in [9.17, 15) is 0 Å². The molecule has 0 saturated carbocycles. The van der Waals surface area contributed by atoms with E-state index in [-0.39, 0.29) is 0 Å². The lowest BCUT2D eigenvalue weighted by Crippen LogP contribution is -2.11. The van der Waals surface area contributed by atoms with Gasteiger partial charge in [0, 0.05) is 16.8 Å². The summed E-state index contributed by atoms with van der Waals surface area (Å²) in [5, 5.41) is 2.57. The molecule has 1 unspecified atom stereocenters. The molecular formula is C32H27N. The van der Waals surface area contributed by atoms with E-state index in [0.717, 1.165) is 6.42 Å². The Morgan fingerprint density at radius 1 is 0.636 bits per heavy atom. The molecule has 1 aliphatic heterocycles. The van der Waals surface area contributed by atoms with Crippen LogP contribution < -0.4 is 4.90 Å². The predicted molar refractivity (Wildman–Crippen MR) is 142 cm³/mol. The zero-order chi connectivity index (χ0) is 22.4. The van der Waals surface area contributed by atoms with Crippen LogP contribution >= 0.6 is 0 Å². The van der Waals surface area contributed by atoms with Gasteiger partial charge >= 0.3 is 0 Å². The minimum Gasteiger partial charge on any atom is -0.309 e. The van der Waals surface area contributed by atoms with E-state index >= 15 is 0 Å². The number of benzene rings is 5. The molecule has 0 aromatic heterocycles. The normalized spacial score (nSPS) is 13.1. The fourth-order valence-electron chi connectivity index (χ4n) is 5.18. The summed E-state index contributed by atoms with van der Waals surface area (Å²) in [7, 11) is 0. The maximum atomic E-state index is 2.45. The summed E-state index contributed by atoms with van der Waals surface area (Å²) >= 11 is 0. The van der Waals surface area contributed by atoms with Gasteiger partial charge in [0.05, 0.1) is 11.4 Å². The maximum absolute atomic E-state index is 2.45. The van der Waals surface area contributed by atoms with Crippen LogP contribution in [0.3, 0.4) is 0 Å². The summed E-state index contributed by atoms with van der Waals surface area (Å²) in [4.78, 5) is 2.45. The highest BCUT2D eigenvalue weighted by molar-refractivity contribution is 6.11. The molecule has 5 aromatic rings. The Bertz CT molecular complexity index is 1480. The van der Waals surface area contributed by atoms with Crippen LogP contribution in [-0.4, -0.2) is 0 Å². The molecule has 0 spiro atoms. The van der Waals surface area contributed by atoms with Gasteiger partial charge in [-0.1, -0.05) is 98.8 Å². The molecule has 0 saturated heterocycles. The molecule has 1 heterocycles. The first-order valence-electron chi connectivity index (χ1n) is 11.9. The Hall–Kier alpha value is -3.84. The summed E-state index contributed by atoms with van der Waals surface area (Å²) in [6.45, 7) is 4.57. The first-order valence-corrected chi connectivity index (χ1v) is 11.9. The molecule has 1 nitrogen and oxygen atoms in total. The Kier molecular flexibility index (Phi) is 4.77. The van der Waals surface area contributed by atoms with E-state index in [2.05, 4.69) is 128 Å². The highest BCUT2D eigenvalue weighted by Gasteiger charge is 2.27. The van der Waals surface area contributed by atoms with Crippen LogP contribution in [0.15, 0.2) is 109 Å². The summed E-state index contributed by atoms with van der Waals surface area (Å²) in [6.07, 6.45) is 1.13. The first-order chi connectivity index (χ1) is 16.3. The number of fused-ring (bicyclic) bond motifs is 7. The van der Waals surface area contributed by atoms with E-state index in [0.29, 0.717) is 5.92 Å².